The molecule has 0 spiro atoms. The van der Waals surface area contributed by atoms with Crippen LogP contribution in [-0.4, -0.2) is 48.6 Å². The van der Waals surface area contributed by atoms with Crippen molar-refractivity contribution in [1.29, 1.82) is 0 Å². The Morgan fingerprint density at radius 1 is 1.40 bits per heavy atom. The lowest BCUT2D eigenvalue weighted by Crippen LogP contribution is -2.34. The highest BCUT2D eigenvalue weighted by atomic mass is 35.5. The average Bonchev–Trinajstić information content (AvgIpc) is 2.90. The van der Waals surface area contributed by atoms with E-state index in [2.05, 4.69) is 5.32 Å². The van der Waals surface area contributed by atoms with Gasteiger partial charge in [0, 0.05) is 32.7 Å². The summed E-state index contributed by atoms with van der Waals surface area (Å²) in [4.78, 5) is 25.8. The van der Waals surface area contributed by atoms with Gasteiger partial charge in [-0.05, 0) is 12.1 Å². The van der Waals surface area contributed by atoms with Crippen LogP contribution in [0.25, 0.3) is 0 Å². The molecule has 6 heteroatoms. The second kappa shape index (κ2) is 6.24. The molecule has 5 nitrogen and oxygen atoms in total. The van der Waals surface area contributed by atoms with Crippen molar-refractivity contribution in [2.24, 2.45) is 11.8 Å². The maximum Gasteiger partial charge on any atom is 0.255 e. The minimum atomic E-state index is -0.378. The third kappa shape index (κ3) is 2.78. The molecule has 2 rings (SSSR count). The fourth-order valence-electron chi connectivity index (χ4n) is 2.51. The van der Waals surface area contributed by atoms with Gasteiger partial charge >= 0.3 is 0 Å². The second-order valence-electron chi connectivity index (χ2n) is 4.85. The third-order valence-electron chi connectivity index (χ3n) is 3.65. The van der Waals surface area contributed by atoms with E-state index in [0.29, 0.717) is 23.7 Å². The molecule has 108 valence electrons. The lowest BCUT2D eigenvalue weighted by atomic mass is 9.96. The molecule has 20 heavy (non-hydrogen) atoms. The molecule has 1 aromatic carbocycles. The molecule has 1 fully saturated rings. The van der Waals surface area contributed by atoms with Crippen molar-refractivity contribution in [3.8, 4) is 0 Å². The first-order chi connectivity index (χ1) is 9.58. The molecular weight excluding hydrogens is 280 g/mol. The Kier molecular flexibility index (Phi) is 4.62. The van der Waals surface area contributed by atoms with Crippen LogP contribution < -0.4 is 5.32 Å². The van der Waals surface area contributed by atoms with E-state index < -0.39 is 0 Å². The Morgan fingerprint density at radius 2 is 2.10 bits per heavy atom. The number of halogens is 1. The van der Waals surface area contributed by atoms with E-state index in [4.69, 9.17) is 11.6 Å². The molecule has 1 aliphatic heterocycles. The van der Waals surface area contributed by atoms with Gasteiger partial charge in [0.05, 0.1) is 16.5 Å². The van der Waals surface area contributed by atoms with Crippen LogP contribution in [0.3, 0.4) is 0 Å². The molecule has 0 aromatic heterocycles. The van der Waals surface area contributed by atoms with Crippen LogP contribution in [0, 0.1) is 11.8 Å². The minimum Gasteiger partial charge on any atom is -0.396 e. The molecule has 2 N–H and O–H groups in total. The standard InChI is InChI=1S/C14H17ClN2O3/c1-16-13(19)11-7-17(6-9(11)8-18)14(20)10-4-2-3-5-12(10)15/h2-5,9,11,18H,6-8H2,1H3,(H,16,19)/t9-,11+/m0/s1. The van der Waals surface area contributed by atoms with Crippen LogP contribution in [0.5, 0.6) is 0 Å². The van der Waals surface area contributed by atoms with Crippen molar-refractivity contribution in [2.75, 3.05) is 26.7 Å². The molecule has 2 amide bonds. The number of rotatable bonds is 3. The normalized spacial score (nSPS) is 21.9. The van der Waals surface area contributed by atoms with Gasteiger partial charge in [-0.3, -0.25) is 9.59 Å². The van der Waals surface area contributed by atoms with Crippen LogP contribution in [-0.2, 0) is 4.79 Å². The van der Waals surface area contributed by atoms with Crippen LogP contribution >= 0.6 is 11.6 Å². The quantitative estimate of drug-likeness (QED) is 0.865. The van der Waals surface area contributed by atoms with Gasteiger partial charge in [-0.2, -0.15) is 0 Å². The number of nitrogens with zero attached hydrogens (tertiary/aromatic N) is 1. The summed E-state index contributed by atoms with van der Waals surface area (Å²) in [5, 5.41) is 12.3. The zero-order chi connectivity index (χ0) is 14.7. The second-order valence-corrected chi connectivity index (χ2v) is 5.26. The fourth-order valence-corrected chi connectivity index (χ4v) is 2.73. The molecule has 0 bridgehead atoms. The van der Waals surface area contributed by atoms with Crippen LogP contribution in [0.2, 0.25) is 5.02 Å². The van der Waals surface area contributed by atoms with Crippen molar-refractivity contribution >= 4 is 23.4 Å². The highest BCUT2D eigenvalue weighted by Crippen LogP contribution is 2.26. The van der Waals surface area contributed by atoms with Crippen molar-refractivity contribution in [2.45, 2.75) is 0 Å². The molecule has 1 saturated heterocycles. The summed E-state index contributed by atoms with van der Waals surface area (Å²) in [5.41, 5.74) is 0.420. The Balaban J connectivity index is 2.17. The molecule has 0 radical (unpaired) electrons. The van der Waals surface area contributed by atoms with Crippen LogP contribution in [0.1, 0.15) is 10.4 Å². The Morgan fingerprint density at radius 3 is 2.70 bits per heavy atom. The molecule has 0 unspecified atom stereocenters. The van der Waals surface area contributed by atoms with Gasteiger partial charge in [-0.1, -0.05) is 23.7 Å². The summed E-state index contributed by atoms with van der Waals surface area (Å²) in [7, 11) is 1.55. The van der Waals surface area contributed by atoms with Crippen LogP contribution in [0.15, 0.2) is 24.3 Å². The highest BCUT2D eigenvalue weighted by molar-refractivity contribution is 6.33. The summed E-state index contributed by atoms with van der Waals surface area (Å²) in [6.07, 6.45) is 0. The van der Waals surface area contributed by atoms with E-state index in [1.807, 2.05) is 0 Å². The Hall–Kier alpha value is -1.59. The number of likely N-dealkylation sites (tertiary alicyclic amines) is 1. The number of hydrogen-bond acceptors (Lipinski definition) is 3. The van der Waals surface area contributed by atoms with E-state index in [9.17, 15) is 14.7 Å². The zero-order valence-corrected chi connectivity index (χ0v) is 11.9. The molecule has 1 heterocycles. The number of carbonyl (C=O) groups excluding carboxylic acids is 2. The number of carbonyl (C=O) groups is 2. The molecule has 0 saturated carbocycles. The first-order valence-corrected chi connectivity index (χ1v) is 6.82. The van der Waals surface area contributed by atoms with Crippen molar-refractivity contribution in [3.05, 3.63) is 34.9 Å². The SMILES string of the molecule is CNC(=O)[C@@H]1CN(C(=O)c2ccccc2Cl)C[C@H]1CO. The van der Waals surface area contributed by atoms with E-state index in [0.717, 1.165) is 0 Å². The minimum absolute atomic E-state index is 0.121. The first-order valence-electron chi connectivity index (χ1n) is 6.44. The molecule has 1 aromatic rings. The average molecular weight is 297 g/mol. The predicted molar refractivity (Wildman–Crippen MR) is 75.5 cm³/mol. The number of benzene rings is 1. The lowest BCUT2D eigenvalue weighted by molar-refractivity contribution is -0.125. The maximum atomic E-state index is 12.4. The van der Waals surface area contributed by atoms with Gasteiger partial charge in [-0.25, -0.2) is 0 Å². The van der Waals surface area contributed by atoms with E-state index >= 15 is 0 Å². The van der Waals surface area contributed by atoms with Crippen molar-refractivity contribution in [1.82, 2.24) is 10.2 Å². The number of hydrogen-bond donors (Lipinski definition) is 2. The number of aliphatic hydroxyl groups excluding tert-OH is 1. The van der Waals surface area contributed by atoms with Gasteiger partial charge in [0.25, 0.3) is 5.91 Å². The highest BCUT2D eigenvalue weighted by Gasteiger charge is 2.39. The van der Waals surface area contributed by atoms with Gasteiger partial charge in [-0.15, -0.1) is 0 Å². The van der Waals surface area contributed by atoms with Crippen LogP contribution in [0.4, 0.5) is 0 Å². The predicted octanol–water partition coefficient (Wildman–Crippen LogP) is 0.766. The van der Waals surface area contributed by atoms with Gasteiger partial charge in [0.15, 0.2) is 0 Å². The monoisotopic (exact) mass is 296 g/mol. The molecular formula is C14H17ClN2O3. The maximum absolute atomic E-state index is 12.4. The summed E-state index contributed by atoms with van der Waals surface area (Å²) in [6, 6.07) is 6.82. The third-order valence-corrected chi connectivity index (χ3v) is 3.98. The van der Waals surface area contributed by atoms with Crippen molar-refractivity contribution in [3.63, 3.8) is 0 Å². The fraction of sp³-hybridized carbons (Fsp3) is 0.429. The Labute approximate surface area is 122 Å². The van der Waals surface area contributed by atoms with Crippen molar-refractivity contribution < 1.29 is 14.7 Å². The smallest absolute Gasteiger partial charge is 0.255 e. The van der Waals surface area contributed by atoms with Gasteiger partial charge in [0.1, 0.15) is 0 Å². The zero-order valence-electron chi connectivity index (χ0n) is 11.2. The van der Waals surface area contributed by atoms with E-state index in [1.54, 1.807) is 36.2 Å². The summed E-state index contributed by atoms with van der Waals surface area (Å²) in [6.45, 7) is 0.540. The topological polar surface area (TPSA) is 69.6 Å². The first kappa shape index (κ1) is 14.8. The van der Waals surface area contributed by atoms with Gasteiger partial charge in [0.2, 0.25) is 5.91 Å². The molecule has 0 aliphatic carbocycles. The van der Waals surface area contributed by atoms with E-state index in [-0.39, 0.29) is 30.3 Å². The summed E-state index contributed by atoms with van der Waals surface area (Å²) >= 11 is 6.02. The number of aliphatic hydroxyl groups is 1. The number of nitrogens with one attached hydrogen (secondary N) is 1. The summed E-state index contributed by atoms with van der Waals surface area (Å²) < 4.78 is 0. The van der Waals surface area contributed by atoms with E-state index in [1.165, 1.54) is 0 Å². The summed E-state index contributed by atoms with van der Waals surface area (Å²) in [5.74, 6) is -0.975. The Bertz CT molecular complexity index is 521. The number of amides is 2. The van der Waals surface area contributed by atoms with Gasteiger partial charge < -0.3 is 15.3 Å². The molecule has 1 aliphatic rings. The molecule has 2 atom stereocenters. The lowest BCUT2D eigenvalue weighted by Gasteiger charge is -2.16. The largest absolute Gasteiger partial charge is 0.396 e.